The third kappa shape index (κ3) is 5.63. The maximum absolute atomic E-state index is 12.5. The number of piperidine rings is 1. The molecular weight excluding hydrogens is 411 g/mol. The Labute approximate surface area is 172 Å². The monoisotopic (exact) mass is 435 g/mol. The zero-order valence-corrected chi connectivity index (χ0v) is 17.0. The summed E-state index contributed by atoms with van der Waals surface area (Å²) in [5.74, 6) is 0.785. The Hall–Kier alpha value is -1.81. The molecule has 29 heavy (non-hydrogen) atoms. The van der Waals surface area contributed by atoms with Crippen molar-refractivity contribution in [1.29, 1.82) is 0 Å². The van der Waals surface area contributed by atoms with E-state index in [1.165, 1.54) is 6.20 Å². The van der Waals surface area contributed by atoms with Gasteiger partial charge in [-0.25, -0.2) is 4.68 Å². The molecule has 0 saturated carbocycles. The molecule has 2 fully saturated rings. The standard InChI is InChI=1S/C18H25ClF3N5O2/c1-13-2-4-26(5-3-13)15(28)11-24-6-8-25(9-7-24)14-10-23-27(12-18(20,21)22)17(29)16(14)19/h10,13H,2-9,11-12H2,1H3. The van der Waals surface area contributed by atoms with Gasteiger partial charge in [0, 0.05) is 39.3 Å². The summed E-state index contributed by atoms with van der Waals surface area (Å²) in [6.07, 6.45) is -1.28. The largest absolute Gasteiger partial charge is 0.408 e. The molecule has 0 bridgehead atoms. The lowest BCUT2D eigenvalue weighted by Gasteiger charge is -2.37. The van der Waals surface area contributed by atoms with Gasteiger partial charge < -0.3 is 9.80 Å². The first kappa shape index (κ1) is 21.9. The highest BCUT2D eigenvalue weighted by atomic mass is 35.5. The summed E-state index contributed by atoms with van der Waals surface area (Å²) in [6, 6.07) is 0. The first-order valence-corrected chi connectivity index (χ1v) is 10.1. The molecule has 3 heterocycles. The lowest BCUT2D eigenvalue weighted by molar-refractivity contribution is -0.143. The fourth-order valence-electron chi connectivity index (χ4n) is 3.66. The number of aromatic nitrogens is 2. The van der Waals surface area contributed by atoms with Gasteiger partial charge in [-0.1, -0.05) is 18.5 Å². The minimum absolute atomic E-state index is 0.125. The number of nitrogens with zero attached hydrogens (tertiary/aromatic N) is 5. The third-order valence-electron chi connectivity index (χ3n) is 5.50. The van der Waals surface area contributed by atoms with Crippen LogP contribution in [0.15, 0.2) is 11.0 Å². The molecule has 0 radical (unpaired) electrons. The summed E-state index contributed by atoms with van der Waals surface area (Å²) in [6.45, 7) is 4.88. The van der Waals surface area contributed by atoms with Gasteiger partial charge in [-0.3, -0.25) is 14.5 Å². The molecule has 1 aromatic rings. The second-order valence-corrected chi connectivity index (χ2v) is 8.13. The summed E-state index contributed by atoms with van der Waals surface area (Å²) in [5, 5.41) is 3.35. The van der Waals surface area contributed by atoms with Crippen molar-refractivity contribution >= 4 is 23.2 Å². The molecule has 0 unspecified atom stereocenters. The van der Waals surface area contributed by atoms with Crippen molar-refractivity contribution in [3.8, 4) is 0 Å². The topological polar surface area (TPSA) is 61.7 Å². The van der Waals surface area contributed by atoms with E-state index in [-0.39, 0.29) is 10.9 Å². The molecule has 2 aliphatic heterocycles. The van der Waals surface area contributed by atoms with Crippen molar-refractivity contribution < 1.29 is 18.0 Å². The molecule has 0 aliphatic carbocycles. The van der Waals surface area contributed by atoms with E-state index in [1.54, 1.807) is 0 Å². The van der Waals surface area contributed by atoms with Crippen LogP contribution in [0.1, 0.15) is 19.8 Å². The number of carbonyl (C=O) groups excluding carboxylic acids is 1. The van der Waals surface area contributed by atoms with Crippen molar-refractivity contribution in [3.05, 3.63) is 21.6 Å². The number of piperazine rings is 1. The Kier molecular flexibility index (Phi) is 6.72. The number of amides is 1. The van der Waals surface area contributed by atoms with Crippen molar-refractivity contribution in [2.45, 2.75) is 32.5 Å². The van der Waals surface area contributed by atoms with Crippen LogP contribution < -0.4 is 10.5 Å². The maximum Gasteiger partial charge on any atom is 0.408 e. The quantitative estimate of drug-likeness (QED) is 0.722. The van der Waals surface area contributed by atoms with Crippen LogP contribution in [0.25, 0.3) is 0 Å². The van der Waals surface area contributed by atoms with E-state index in [4.69, 9.17) is 11.6 Å². The Bertz CT molecular complexity index is 785. The summed E-state index contributed by atoms with van der Waals surface area (Å²) >= 11 is 6.04. The Balaban J connectivity index is 1.56. The van der Waals surface area contributed by atoms with Crippen LogP contribution in [0, 0.1) is 5.92 Å². The first-order chi connectivity index (χ1) is 13.6. The van der Waals surface area contributed by atoms with Gasteiger partial charge >= 0.3 is 6.18 Å². The number of likely N-dealkylation sites (tertiary alicyclic amines) is 1. The minimum Gasteiger partial charge on any atom is -0.366 e. The van der Waals surface area contributed by atoms with Crippen molar-refractivity contribution in [2.24, 2.45) is 5.92 Å². The molecule has 162 valence electrons. The average molecular weight is 436 g/mol. The summed E-state index contributed by atoms with van der Waals surface area (Å²) in [4.78, 5) is 30.4. The molecule has 0 N–H and O–H groups in total. The molecule has 7 nitrogen and oxygen atoms in total. The number of anilines is 1. The van der Waals surface area contributed by atoms with Crippen LogP contribution in [-0.4, -0.2) is 77.5 Å². The van der Waals surface area contributed by atoms with Crippen LogP contribution >= 0.6 is 11.6 Å². The van der Waals surface area contributed by atoms with Gasteiger partial charge in [-0.2, -0.15) is 18.3 Å². The lowest BCUT2D eigenvalue weighted by atomic mass is 9.99. The third-order valence-corrected chi connectivity index (χ3v) is 5.86. The molecule has 2 saturated heterocycles. The molecule has 0 aromatic carbocycles. The van der Waals surface area contributed by atoms with Gasteiger partial charge in [0.1, 0.15) is 11.6 Å². The van der Waals surface area contributed by atoms with E-state index >= 15 is 0 Å². The van der Waals surface area contributed by atoms with Crippen molar-refractivity contribution in [2.75, 3.05) is 50.7 Å². The van der Waals surface area contributed by atoms with Gasteiger partial charge in [0.15, 0.2) is 0 Å². The number of hydrogen-bond acceptors (Lipinski definition) is 5. The normalized spacial score (nSPS) is 19.6. The highest BCUT2D eigenvalue weighted by Gasteiger charge is 2.31. The number of carbonyl (C=O) groups is 1. The van der Waals surface area contributed by atoms with Gasteiger partial charge in [-0.05, 0) is 18.8 Å². The van der Waals surface area contributed by atoms with Gasteiger partial charge in [0.05, 0.1) is 18.4 Å². The van der Waals surface area contributed by atoms with Crippen molar-refractivity contribution in [1.82, 2.24) is 19.6 Å². The van der Waals surface area contributed by atoms with Crippen molar-refractivity contribution in [3.63, 3.8) is 0 Å². The summed E-state index contributed by atoms with van der Waals surface area (Å²) in [5.41, 5.74) is -0.635. The average Bonchev–Trinajstić information content (AvgIpc) is 2.66. The smallest absolute Gasteiger partial charge is 0.366 e. The molecule has 1 aromatic heterocycles. The molecule has 3 rings (SSSR count). The molecule has 0 spiro atoms. The number of rotatable bonds is 4. The Morgan fingerprint density at radius 2 is 1.79 bits per heavy atom. The molecular formula is C18H25ClF3N5O2. The van der Waals surface area contributed by atoms with Crippen LogP contribution in [0.5, 0.6) is 0 Å². The predicted octanol–water partition coefficient (Wildman–Crippen LogP) is 1.84. The van der Waals surface area contributed by atoms with Crippen LogP contribution in [-0.2, 0) is 11.3 Å². The summed E-state index contributed by atoms with van der Waals surface area (Å²) in [7, 11) is 0. The van der Waals surface area contributed by atoms with E-state index in [0.29, 0.717) is 49.0 Å². The van der Waals surface area contributed by atoms with Gasteiger partial charge in [0.25, 0.3) is 5.56 Å². The lowest BCUT2D eigenvalue weighted by Crippen LogP contribution is -2.51. The van der Waals surface area contributed by atoms with E-state index in [0.717, 1.165) is 25.9 Å². The molecule has 2 aliphatic rings. The Morgan fingerprint density at radius 3 is 2.38 bits per heavy atom. The number of halogens is 4. The van der Waals surface area contributed by atoms with Gasteiger partial charge in [0.2, 0.25) is 5.91 Å². The number of alkyl halides is 3. The van der Waals surface area contributed by atoms with E-state index in [1.807, 2.05) is 14.7 Å². The highest BCUT2D eigenvalue weighted by molar-refractivity contribution is 6.33. The molecule has 11 heteroatoms. The second kappa shape index (κ2) is 8.91. The fraction of sp³-hybridized carbons (Fsp3) is 0.722. The summed E-state index contributed by atoms with van der Waals surface area (Å²) < 4.78 is 37.9. The van der Waals surface area contributed by atoms with E-state index < -0.39 is 18.3 Å². The number of hydrogen-bond donors (Lipinski definition) is 0. The van der Waals surface area contributed by atoms with Crippen LogP contribution in [0.4, 0.5) is 18.9 Å². The van der Waals surface area contributed by atoms with Crippen LogP contribution in [0.2, 0.25) is 5.02 Å². The first-order valence-electron chi connectivity index (χ1n) is 9.71. The van der Waals surface area contributed by atoms with Gasteiger partial charge in [-0.15, -0.1) is 0 Å². The van der Waals surface area contributed by atoms with E-state index in [9.17, 15) is 22.8 Å². The van der Waals surface area contributed by atoms with E-state index in [2.05, 4.69) is 12.0 Å². The zero-order chi connectivity index (χ0) is 21.2. The predicted molar refractivity (Wildman–Crippen MR) is 103 cm³/mol. The maximum atomic E-state index is 12.5. The molecule has 1 amide bonds. The SMILES string of the molecule is CC1CCN(C(=O)CN2CCN(c3cnn(CC(F)(F)F)c(=O)c3Cl)CC2)CC1. The molecule has 0 atom stereocenters. The minimum atomic E-state index is -4.55. The highest BCUT2D eigenvalue weighted by Crippen LogP contribution is 2.24. The van der Waals surface area contributed by atoms with Crippen LogP contribution in [0.3, 0.4) is 0 Å². The Morgan fingerprint density at radius 1 is 1.17 bits per heavy atom. The fourth-order valence-corrected chi connectivity index (χ4v) is 3.92. The zero-order valence-electron chi connectivity index (χ0n) is 16.3. The second-order valence-electron chi connectivity index (χ2n) is 7.75.